The summed E-state index contributed by atoms with van der Waals surface area (Å²) < 4.78 is 12.7. The first-order chi connectivity index (χ1) is 12.3. The summed E-state index contributed by atoms with van der Waals surface area (Å²) in [5.41, 5.74) is 1.51. The third-order valence-electron chi connectivity index (χ3n) is 3.37. The lowest BCUT2D eigenvalue weighted by Gasteiger charge is -2.19. The van der Waals surface area contributed by atoms with Gasteiger partial charge in [-0.1, -0.05) is 23.9 Å². The zero-order chi connectivity index (χ0) is 18.7. The summed E-state index contributed by atoms with van der Waals surface area (Å²) in [4.78, 5) is 12.1. The predicted octanol–water partition coefficient (Wildman–Crippen LogP) is 4.27. The van der Waals surface area contributed by atoms with Crippen molar-refractivity contribution in [3.63, 3.8) is 0 Å². The van der Waals surface area contributed by atoms with Crippen molar-refractivity contribution in [3.05, 3.63) is 48.2 Å². The maximum atomic E-state index is 12.1. The number of esters is 1. The van der Waals surface area contributed by atoms with E-state index < -0.39 is 5.60 Å². The molecule has 0 aliphatic rings. The van der Waals surface area contributed by atoms with Crippen LogP contribution in [0.25, 0.3) is 17.3 Å². The van der Waals surface area contributed by atoms with E-state index in [-0.39, 0.29) is 11.7 Å². The zero-order valence-electron chi connectivity index (χ0n) is 15.2. The monoisotopic (exact) mass is 371 g/mol. The number of nitrogens with zero attached hydrogens (tertiary/aromatic N) is 3. The lowest BCUT2D eigenvalue weighted by atomic mass is 10.2. The first kappa shape index (κ1) is 18.3. The molecular weight excluding hydrogens is 350 g/mol. The molecule has 0 unspecified atom stereocenters. The van der Waals surface area contributed by atoms with Crippen molar-refractivity contribution in [2.24, 2.45) is 0 Å². The Balaban J connectivity index is 1.92. The first-order valence-electron chi connectivity index (χ1n) is 8.24. The van der Waals surface area contributed by atoms with Crippen LogP contribution in [0.1, 0.15) is 26.3 Å². The molecule has 3 rings (SSSR count). The summed E-state index contributed by atoms with van der Waals surface area (Å²) in [5.74, 6) is 1.07. The van der Waals surface area contributed by atoms with Crippen LogP contribution < -0.4 is 0 Å². The second kappa shape index (κ2) is 7.37. The van der Waals surface area contributed by atoms with Gasteiger partial charge < -0.3 is 9.15 Å². The molecule has 0 amide bonds. The third kappa shape index (κ3) is 4.35. The van der Waals surface area contributed by atoms with Gasteiger partial charge in [-0.3, -0.25) is 9.36 Å². The third-order valence-corrected chi connectivity index (χ3v) is 4.28. The van der Waals surface area contributed by atoms with Gasteiger partial charge in [0.25, 0.3) is 0 Å². The van der Waals surface area contributed by atoms with Crippen molar-refractivity contribution in [1.82, 2.24) is 14.8 Å². The molecule has 0 atom stereocenters. The zero-order valence-corrected chi connectivity index (χ0v) is 16.0. The van der Waals surface area contributed by atoms with Gasteiger partial charge in [0.05, 0.1) is 17.7 Å². The Morgan fingerprint density at radius 2 is 2.04 bits per heavy atom. The van der Waals surface area contributed by atoms with Crippen molar-refractivity contribution in [1.29, 1.82) is 0 Å². The van der Waals surface area contributed by atoms with Crippen LogP contribution in [-0.2, 0) is 9.53 Å². The van der Waals surface area contributed by atoms with Crippen LogP contribution in [0.15, 0.2) is 52.2 Å². The van der Waals surface area contributed by atoms with Gasteiger partial charge in [-0.15, -0.1) is 10.2 Å². The Morgan fingerprint density at radius 1 is 1.23 bits per heavy atom. The van der Waals surface area contributed by atoms with Gasteiger partial charge >= 0.3 is 5.97 Å². The SMILES string of the molecule is Cc1cccc(-n2c(SCC(=O)OC(C)(C)C)nnc2-c2ccco2)c1. The molecule has 0 spiro atoms. The highest BCUT2D eigenvalue weighted by Gasteiger charge is 2.21. The average molecular weight is 371 g/mol. The smallest absolute Gasteiger partial charge is 0.316 e. The quantitative estimate of drug-likeness (QED) is 0.493. The molecule has 136 valence electrons. The fourth-order valence-electron chi connectivity index (χ4n) is 2.42. The Kier molecular flexibility index (Phi) is 5.18. The van der Waals surface area contributed by atoms with E-state index in [4.69, 9.17) is 9.15 Å². The van der Waals surface area contributed by atoms with Crippen LogP contribution in [0.2, 0.25) is 0 Å². The highest BCUT2D eigenvalue weighted by Crippen LogP contribution is 2.28. The maximum Gasteiger partial charge on any atom is 0.316 e. The lowest BCUT2D eigenvalue weighted by molar-refractivity contribution is -0.151. The van der Waals surface area contributed by atoms with Crippen LogP contribution in [0, 0.1) is 6.92 Å². The van der Waals surface area contributed by atoms with Gasteiger partial charge in [0, 0.05) is 0 Å². The molecular formula is C19H21N3O3S. The van der Waals surface area contributed by atoms with Crippen LogP contribution in [0.4, 0.5) is 0 Å². The number of carbonyl (C=O) groups is 1. The fraction of sp³-hybridized carbons (Fsp3) is 0.316. The van der Waals surface area contributed by atoms with E-state index in [1.54, 1.807) is 12.3 Å². The van der Waals surface area contributed by atoms with E-state index in [0.717, 1.165) is 11.3 Å². The molecule has 0 bridgehead atoms. The van der Waals surface area contributed by atoms with E-state index in [2.05, 4.69) is 10.2 Å². The maximum absolute atomic E-state index is 12.1. The van der Waals surface area contributed by atoms with Gasteiger partial charge in [0.1, 0.15) is 5.60 Å². The molecule has 0 aliphatic carbocycles. The molecule has 3 aromatic rings. The number of furan rings is 1. The van der Waals surface area contributed by atoms with Gasteiger partial charge in [0.2, 0.25) is 5.82 Å². The number of rotatable bonds is 5. The normalized spacial score (nSPS) is 11.5. The minimum absolute atomic E-state index is 0.152. The largest absolute Gasteiger partial charge is 0.461 e. The molecule has 0 N–H and O–H groups in total. The number of benzene rings is 1. The van der Waals surface area contributed by atoms with E-state index in [1.807, 2.05) is 62.6 Å². The standard InChI is InChI=1S/C19H21N3O3S/c1-13-7-5-8-14(11-13)22-17(15-9-6-10-24-15)20-21-18(22)26-12-16(23)25-19(2,3)4/h5-11H,12H2,1-4H3. The molecule has 2 aromatic heterocycles. The number of hydrogen-bond donors (Lipinski definition) is 0. The number of ether oxygens (including phenoxy) is 1. The summed E-state index contributed by atoms with van der Waals surface area (Å²) in [6, 6.07) is 11.6. The molecule has 0 radical (unpaired) electrons. The van der Waals surface area contributed by atoms with E-state index in [9.17, 15) is 4.79 Å². The van der Waals surface area contributed by atoms with Crippen molar-refractivity contribution in [2.75, 3.05) is 5.75 Å². The highest BCUT2D eigenvalue weighted by atomic mass is 32.2. The highest BCUT2D eigenvalue weighted by molar-refractivity contribution is 7.99. The molecule has 0 saturated heterocycles. The van der Waals surface area contributed by atoms with Gasteiger partial charge in [-0.05, 0) is 57.5 Å². The van der Waals surface area contributed by atoms with E-state index in [0.29, 0.717) is 16.7 Å². The van der Waals surface area contributed by atoms with E-state index >= 15 is 0 Å². The first-order valence-corrected chi connectivity index (χ1v) is 9.23. The summed E-state index contributed by atoms with van der Waals surface area (Å²) in [6.07, 6.45) is 1.60. The minimum atomic E-state index is -0.513. The Labute approximate surface area is 156 Å². The molecule has 1 aromatic carbocycles. The van der Waals surface area contributed by atoms with Gasteiger partial charge in [-0.25, -0.2) is 0 Å². The second-order valence-corrected chi connectivity index (χ2v) is 7.78. The summed E-state index contributed by atoms with van der Waals surface area (Å²) in [5, 5.41) is 9.12. The Bertz CT molecular complexity index is 895. The van der Waals surface area contributed by atoms with Crippen LogP contribution in [-0.4, -0.2) is 32.1 Å². The van der Waals surface area contributed by atoms with E-state index in [1.165, 1.54) is 11.8 Å². The molecule has 6 nitrogen and oxygen atoms in total. The summed E-state index contributed by atoms with van der Waals surface area (Å²) in [6.45, 7) is 7.56. The topological polar surface area (TPSA) is 70.2 Å². The van der Waals surface area contributed by atoms with Crippen molar-refractivity contribution >= 4 is 17.7 Å². The molecule has 0 fully saturated rings. The van der Waals surface area contributed by atoms with Gasteiger partial charge in [0.15, 0.2) is 10.9 Å². The fourth-order valence-corrected chi connectivity index (χ4v) is 3.15. The van der Waals surface area contributed by atoms with Crippen LogP contribution in [0.5, 0.6) is 0 Å². The van der Waals surface area contributed by atoms with Crippen molar-refractivity contribution in [3.8, 4) is 17.3 Å². The number of carbonyl (C=O) groups excluding carboxylic acids is 1. The number of aromatic nitrogens is 3. The van der Waals surface area contributed by atoms with Crippen LogP contribution >= 0.6 is 11.8 Å². The average Bonchev–Trinajstić information content (AvgIpc) is 3.20. The minimum Gasteiger partial charge on any atom is -0.461 e. The van der Waals surface area contributed by atoms with Crippen molar-refractivity contribution in [2.45, 2.75) is 38.5 Å². The number of thioether (sulfide) groups is 1. The second-order valence-electron chi connectivity index (χ2n) is 6.83. The Morgan fingerprint density at radius 3 is 2.69 bits per heavy atom. The molecule has 2 heterocycles. The summed E-state index contributed by atoms with van der Waals surface area (Å²) in [7, 11) is 0. The molecule has 26 heavy (non-hydrogen) atoms. The molecule has 0 aliphatic heterocycles. The summed E-state index contributed by atoms with van der Waals surface area (Å²) >= 11 is 1.29. The lowest BCUT2D eigenvalue weighted by Crippen LogP contribution is -2.25. The Hall–Kier alpha value is -2.54. The molecule has 7 heteroatoms. The van der Waals surface area contributed by atoms with Gasteiger partial charge in [-0.2, -0.15) is 0 Å². The predicted molar refractivity (Wildman–Crippen MR) is 100 cm³/mol. The van der Waals surface area contributed by atoms with Crippen molar-refractivity contribution < 1.29 is 13.9 Å². The number of hydrogen-bond acceptors (Lipinski definition) is 6. The number of aryl methyl sites for hydroxylation is 1. The van der Waals surface area contributed by atoms with Crippen LogP contribution in [0.3, 0.4) is 0 Å². The molecule has 0 saturated carbocycles.